The first kappa shape index (κ1) is 13.5. The number of fused-ring (bicyclic) bond motifs is 2. The van der Waals surface area contributed by atoms with E-state index in [0.717, 1.165) is 17.8 Å². The monoisotopic (exact) mass is 275 g/mol. The summed E-state index contributed by atoms with van der Waals surface area (Å²) in [5.74, 6) is 2.97. The molecule has 1 nitrogen and oxygen atoms in total. The van der Waals surface area contributed by atoms with Crippen LogP contribution in [0.2, 0.25) is 0 Å². The van der Waals surface area contributed by atoms with Crippen LogP contribution in [-0.2, 0) is 0 Å². The number of rotatable bonds is 3. The van der Waals surface area contributed by atoms with Crippen molar-refractivity contribution in [2.24, 2.45) is 17.8 Å². The largest absolute Gasteiger partial charge is 0.303 e. The first-order valence-electron chi connectivity index (χ1n) is 6.46. The topological polar surface area (TPSA) is 3.24 Å². The highest BCUT2D eigenvalue weighted by molar-refractivity contribution is 8.93. The second-order valence-electron chi connectivity index (χ2n) is 5.84. The maximum absolute atomic E-state index is 2.73. The predicted octanol–water partition coefficient (Wildman–Crippen LogP) is 3.73. The molecule has 1 heterocycles. The van der Waals surface area contributed by atoms with Crippen molar-refractivity contribution in [3.63, 3.8) is 0 Å². The highest BCUT2D eigenvalue weighted by Crippen LogP contribution is 2.34. The van der Waals surface area contributed by atoms with E-state index in [1.165, 1.54) is 51.7 Å². The van der Waals surface area contributed by atoms with E-state index in [1.54, 1.807) is 0 Å². The van der Waals surface area contributed by atoms with Crippen molar-refractivity contribution in [1.29, 1.82) is 0 Å². The summed E-state index contributed by atoms with van der Waals surface area (Å²) in [6.45, 7) is 8.84. The lowest BCUT2D eigenvalue weighted by Crippen LogP contribution is -2.43. The average Bonchev–Trinajstić information content (AvgIpc) is 2.14. The van der Waals surface area contributed by atoms with Gasteiger partial charge in [0.05, 0.1) is 0 Å². The van der Waals surface area contributed by atoms with Crippen LogP contribution in [0.1, 0.15) is 46.0 Å². The van der Waals surface area contributed by atoms with E-state index in [0.29, 0.717) is 0 Å². The SMILES string of the molecule is Br.CC(C)CCN1CC2CCCC(C2)C1. The molecule has 1 aliphatic carbocycles. The standard InChI is InChI=1S/C13H25N.BrH/c1-11(2)6-7-14-9-12-4-3-5-13(8-12)10-14;/h11-13H,3-10H2,1-2H3;1H. The van der Waals surface area contributed by atoms with Gasteiger partial charge in [0.25, 0.3) is 0 Å². The molecule has 1 aliphatic heterocycles. The van der Waals surface area contributed by atoms with Gasteiger partial charge in [0.1, 0.15) is 0 Å². The van der Waals surface area contributed by atoms with Crippen LogP contribution in [0.5, 0.6) is 0 Å². The van der Waals surface area contributed by atoms with Crippen molar-refractivity contribution in [2.45, 2.75) is 46.0 Å². The van der Waals surface area contributed by atoms with Crippen LogP contribution in [0.4, 0.5) is 0 Å². The molecule has 2 unspecified atom stereocenters. The third-order valence-electron chi connectivity index (χ3n) is 3.95. The van der Waals surface area contributed by atoms with Gasteiger partial charge in [0.2, 0.25) is 0 Å². The fourth-order valence-electron chi connectivity index (χ4n) is 3.16. The van der Waals surface area contributed by atoms with Crippen LogP contribution in [0.3, 0.4) is 0 Å². The van der Waals surface area contributed by atoms with Crippen LogP contribution in [-0.4, -0.2) is 24.5 Å². The van der Waals surface area contributed by atoms with Gasteiger partial charge in [-0.3, -0.25) is 0 Å². The first-order valence-corrected chi connectivity index (χ1v) is 6.46. The van der Waals surface area contributed by atoms with Gasteiger partial charge in [-0.15, -0.1) is 17.0 Å². The molecule has 0 aromatic rings. The first-order chi connectivity index (χ1) is 6.74. The Morgan fingerprint density at radius 3 is 2.27 bits per heavy atom. The second kappa shape index (κ2) is 6.24. The Balaban J connectivity index is 0.00000112. The summed E-state index contributed by atoms with van der Waals surface area (Å²) < 4.78 is 0. The molecule has 0 amide bonds. The van der Waals surface area contributed by atoms with Crippen molar-refractivity contribution in [3.8, 4) is 0 Å². The molecule has 0 aromatic carbocycles. The van der Waals surface area contributed by atoms with E-state index in [9.17, 15) is 0 Å². The fraction of sp³-hybridized carbons (Fsp3) is 1.00. The van der Waals surface area contributed by atoms with Crippen molar-refractivity contribution < 1.29 is 0 Å². The molecule has 0 N–H and O–H groups in total. The quantitative estimate of drug-likeness (QED) is 0.759. The van der Waals surface area contributed by atoms with Gasteiger partial charge in [0.15, 0.2) is 0 Å². The molecule has 0 radical (unpaired) electrons. The molecule has 90 valence electrons. The molecule has 2 bridgehead atoms. The maximum Gasteiger partial charge on any atom is 0.000988 e. The number of nitrogens with zero attached hydrogens (tertiary/aromatic N) is 1. The zero-order valence-electron chi connectivity index (χ0n) is 10.2. The molecule has 0 spiro atoms. The van der Waals surface area contributed by atoms with Crippen molar-refractivity contribution in [1.82, 2.24) is 4.90 Å². The predicted molar refractivity (Wildman–Crippen MR) is 71.7 cm³/mol. The molecule has 1 saturated heterocycles. The number of likely N-dealkylation sites (tertiary alicyclic amines) is 1. The molecule has 2 aliphatic rings. The Labute approximate surface area is 105 Å². The smallest absolute Gasteiger partial charge is 0.000988 e. The Bertz CT molecular complexity index is 169. The van der Waals surface area contributed by atoms with Gasteiger partial charge in [-0.25, -0.2) is 0 Å². The highest BCUT2D eigenvalue weighted by atomic mass is 79.9. The average molecular weight is 276 g/mol. The lowest BCUT2D eigenvalue weighted by molar-refractivity contribution is 0.0827. The molecule has 2 rings (SSSR count). The van der Waals surface area contributed by atoms with E-state index in [-0.39, 0.29) is 17.0 Å². The molecular weight excluding hydrogens is 250 g/mol. The lowest BCUT2D eigenvalue weighted by atomic mass is 9.78. The number of hydrogen-bond donors (Lipinski definition) is 0. The molecule has 2 heteroatoms. The number of piperidine rings is 1. The zero-order valence-corrected chi connectivity index (χ0v) is 12.0. The van der Waals surface area contributed by atoms with Crippen molar-refractivity contribution in [2.75, 3.05) is 19.6 Å². The van der Waals surface area contributed by atoms with Gasteiger partial charge in [-0.1, -0.05) is 20.3 Å². The van der Waals surface area contributed by atoms with Crippen LogP contribution < -0.4 is 0 Å². The highest BCUT2D eigenvalue weighted by Gasteiger charge is 2.29. The Kier molecular flexibility index (Phi) is 5.62. The summed E-state index contributed by atoms with van der Waals surface area (Å²) >= 11 is 0. The Morgan fingerprint density at radius 1 is 1.13 bits per heavy atom. The minimum atomic E-state index is 0. The zero-order chi connectivity index (χ0) is 9.97. The van der Waals surface area contributed by atoms with Crippen LogP contribution >= 0.6 is 17.0 Å². The van der Waals surface area contributed by atoms with Gasteiger partial charge in [-0.2, -0.15) is 0 Å². The molecule has 1 saturated carbocycles. The third-order valence-corrected chi connectivity index (χ3v) is 3.95. The lowest BCUT2D eigenvalue weighted by Gasteiger charge is -2.41. The number of halogens is 1. The summed E-state index contributed by atoms with van der Waals surface area (Å²) in [6, 6.07) is 0. The Hall–Kier alpha value is 0.440. The Morgan fingerprint density at radius 2 is 1.73 bits per heavy atom. The van der Waals surface area contributed by atoms with E-state index in [1.807, 2.05) is 0 Å². The van der Waals surface area contributed by atoms with Gasteiger partial charge < -0.3 is 4.90 Å². The summed E-state index contributed by atoms with van der Waals surface area (Å²) in [7, 11) is 0. The summed E-state index contributed by atoms with van der Waals surface area (Å²) in [4.78, 5) is 2.73. The molecule has 0 aromatic heterocycles. The van der Waals surface area contributed by atoms with Crippen LogP contribution in [0.25, 0.3) is 0 Å². The minimum Gasteiger partial charge on any atom is -0.303 e. The summed E-state index contributed by atoms with van der Waals surface area (Å²) in [5, 5.41) is 0. The summed E-state index contributed by atoms with van der Waals surface area (Å²) in [5.41, 5.74) is 0. The van der Waals surface area contributed by atoms with E-state index in [4.69, 9.17) is 0 Å². The fourth-order valence-corrected chi connectivity index (χ4v) is 3.16. The molecule has 2 atom stereocenters. The molecule has 15 heavy (non-hydrogen) atoms. The van der Waals surface area contributed by atoms with Gasteiger partial charge >= 0.3 is 0 Å². The summed E-state index contributed by atoms with van der Waals surface area (Å²) in [6.07, 6.45) is 7.45. The van der Waals surface area contributed by atoms with Crippen molar-refractivity contribution >= 4 is 17.0 Å². The van der Waals surface area contributed by atoms with Gasteiger partial charge in [-0.05, 0) is 50.0 Å². The van der Waals surface area contributed by atoms with Gasteiger partial charge in [0, 0.05) is 13.1 Å². The molecule has 2 fully saturated rings. The van der Waals surface area contributed by atoms with E-state index >= 15 is 0 Å². The van der Waals surface area contributed by atoms with Crippen LogP contribution in [0.15, 0.2) is 0 Å². The molecular formula is C13H26BrN. The van der Waals surface area contributed by atoms with E-state index in [2.05, 4.69) is 18.7 Å². The van der Waals surface area contributed by atoms with Crippen LogP contribution in [0, 0.1) is 17.8 Å². The number of hydrogen-bond acceptors (Lipinski definition) is 1. The third kappa shape index (κ3) is 4.07. The minimum absolute atomic E-state index is 0. The normalized spacial score (nSPS) is 31.4. The second-order valence-corrected chi connectivity index (χ2v) is 5.84. The maximum atomic E-state index is 2.73. The van der Waals surface area contributed by atoms with Crippen molar-refractivity contribution in [3.05, 3.63) is 0 Å². The van der Waals surface area contributed by atoms with E-state index < -0.39 is 0 Å².